The number of anilines is 1. The molecule has 5 nitrogen and oxygen atoms in total. The summed E-state index contributed by atoms with van der Waals surface area (Å²) in [7, 11) is -3.71. The molecule has 0 spiro atoms. The Balaban J connectivity index is 1.57. The van der Waals surface area contributed by atoms with Crippen molar-refractivity contribution in [2.45, 2.75) is 17.9 Å². The minimum Gasteiger partial charge on any atom is -0.347 e. The van der Waals surface area contributed by atoms with Gasteiger partial charge in [-0.2, -0.15) is 0 Å². The molecule has 0 unspecified atom stereocenters. The van der Waals surface area contributed by atoms with E-state index in [0.29, 0.717) is 30.8 Å². The maximum Gasteiger partial charge on any atom is 0.264 e. The largest absolute Gasteiger partial charge is 0.347 e. The Labute approximate surface area is 162 Å². The Morgan fingerprint density at radius 1 is 1.07 bits per heavy atom. The van der Waals surface area contributed by atoms with Gasteiger partial charge < -0.3 is 5.32 Å². The third kappa shape index (κ3) is 3.48. The number of hydrogen-bond donors (Lipinski definition) is 1. The van der Waals surface area contributed by atoms with Crippen LogP contribution >= 0.6 is 11.3 Å². The minimum atomic E-state index is -3.71. The van der Waals surface area contributed by atoms with Crippen LogP contribution in [-0.2, 0) is 23.0 Å². The number of benzene rings is 2. The van der Waals surface area contributed by atoms with Gasteiger partial charge in [0.1, 0.15) is 0 Å². The van der Waals surface area contributed by atoms with Crippen LogP contribution in [0.25, 0.3) is 0 Å². The lowest BCUT2D eigenvalue weighted by atomic mass is 10.2. The number of amides is 1. The van der Waals surface area contributed by atoms with Crippen LogP contribution in [0.15, 0.2) is 70.9 Å². The molecule has 1 aromatic heterocycles. The van der Waals surface area contributed by atoms with E-state index in [1.54, 1.807) is 23.5 Å². The zero-order chi connectivity index (χ0) is 18.9. The maximum atomic E-state index is 13.1. The van der Waals surface area contributed by atoms with Gasteiger partial charge in [0.05, 0.1) is 17.1 Å². The topological polar surface area (TPSA) is 66.5 Å². The Morgan fingerprint density at radius 2 is 1.93 bits per heavy atom. The first-order valence-electron chi connectivity index (χ1n) is 8.57. The Bertz CT molecular complexity index is 1080. The molecule has 1 aliphatic heterocycles. The summed E-state index contributed by atoms with van der Waals surface area (Å²) in [6.45, 7) is 0.837. The van der Waals surface area contributed by atoms with Crippen molar-refractivity contribution in [3.63, 3.8) is 0 Å². The molecular formula is C20H18N2O3S2. The van der Waals surface area contributed by atoms with E-state index >= 15 is 0 Å². The highest BCUT2D eigenvalue weighted by Crippen LogP contribution is 2.32. The molecule has 0 aliphatic carbocycles. The lowest BCUT2D eigenvalue weighted by Crippen LogP contribution is -2.29. The number of fused-ring (bicyclic) bond motifs is 1. The van der Waals surface area contributed by atoms with Gasteiger partial charge in [-0.15, -0.1) is 11.3 Å². The number of nitrogens with one attached hydrogen (secondary N) is 1. The number of rotatable bonds is 5. The van der Waals surface area contributed by atoms with Crippen LogP contribution in [0.4, 0.5) is 5.69 Å². The second-order valence-electron chi connectivity index (χ2n) is 6.25. The van der Waals surface area contributed by atoms with Gasteiger partial charge in [-0.1, -0.05) is 30.3 Å². The summed E-state index contributed by atoms with van der Waals surface area (Å²) in [6, 6.07) is 17.6. The quantitative estimate of drug-likeness (QED) is 0.716. The number of carbonyl (C=O) groups excluding carboxylic acids is 1. The third-order valence-electron chi connectivity index (χ3n) is 4.53. The lowest BCUT2D eigenvalue weighted by molar-refractivity contribution is 0.0951. The molecule has 2 heterocycles. The highest BCUT2D eigenvalue weighted by Gasteiger charge is 2.30. The molecule has 4 rings (SSSR count). The van der Waals surface area contributed by atoms with Crippen LogP contribution in [-0.4, -0.2) is 20.9 Å². The molecule has 0 fully saturated rings. The van der Waals surface area contributed by atoms with Crippen LogP contribution in [0.5, 0.6) is 0 Å². The van der Waals surface area contributed by atoms with Gasteiger partial charge in [0.2, 0.25) is 0 Å². The monoisotopic (exact) mass is 398 g/mol. The van der Waals surface area contributed by atoms with Gasteiger partial charge in [0.15, 0.2) is 0 Å². The van der Waals surface area contributed by atoms with Gasteiger partial charge in [-0.25, -0.2) is 8.42 Å². The minimum absolute atomic E-state index is 0.128. The first-order valence-corrected chi connectivity index (χ1v) is 10.9. The number of thiophene rings is 1. The predicted molar refractivity (Wildman–Crippen MR) is 107 cm³/mol. The van der Waals surface area contributed by atoms with Crippen LogP contribution in [0.1, 0.15) is 20.8 Å². The predicted octanol–water partition coefficient (Wildman–Crippen LogP) is 3.43. The summed E-state index contributed by atoms with van der Waals surface area (Å²) in [5, 5.41) is 4.78. The van der Waals surface area contributed by atoms with E-state index in [-0.39, 0.29) is 10.8 Å². The fourth-order valence-corrected chi connectivity index (χ4v) is 5.36. The van der Waals surface area contributed by atoms with Gasteiger partial charge in [-0.3, -0.25) is 9.10 Å². The molecule has 27 heavy (non-hydrogen) atoms. The number of hydrogen-bond acceptors (Lipinski definition) is 4. The molecule has 0 bridgehead atoms. The van der Waals surface area contributed by atoms with Crippen molar-refractivity contribution < 1.29 is 13.2 Å². The van der Waals surface area contributed by atoms with E-state index in [0.717, 1.165) is 10.4 Å². The third-order valence-corrected chi connectivity index (χ3v) is 7.22. The van der Waals surface area contributed by atoms with Gasteiger partial charge in [0.25, 0.3) is 15.9 Å². The number of nitrogens with zero attached hydrogens (tertiary/aromatic N) is 1. The fraction of sp³-hybridized carbons (Fsp3) is 0.150. The van der Waals surface area contributed by atoms with E-state index in [9.17, 15) is 13.2 Å². The van der Waals surface area contributed by atoms with Crippen LogP contribution in [0.2, 0.25) is 0 Å². The van der Waals surface area contributed by atoms with Gasteiger partial charge >= 0.3 is 0 Å². The van der Waals surface area contributed by atoms with Crippen LogP contribution < -0.4 is 9.62 Å². The summed E-state index contributed by atoms with van der Waals surface area (Å²) < 4.78 is 27.6. The summed E-state index contributed by atoms with van der Waals surface area (Å²) in [5.41, 5.74) is 2.07. The van der Waals surface area contributed by atoms with Crippen molar-refractivity contribution in [2.24, 2.45) is 0 Å². The maximum absolute atomic E-state index is 13.1. The average Bonchev–Trinajstić information content (AvgIpc) is 3.36. The Hall–Kier alpha value is -2.64. The number of para-hydroxylation sites is 1. The van der Waals surface area contributed by atoms with Crippen molar-refractivity contribution in [2.75, 3.05) is 10.8 Å². The zero-order valence-corrected chi connectivity index (χ0v) is 16.1. The van der Waals surface area contributed by atoms with Crippen molar-refractivity contribution in [3.05, 3.63) is 82.0 Å². The summed E-state index contributed by atoms with van der Waals surface area (Å²) >= 11 is 1.56. The van der Waals surface area contributed by atoms with Crippen molar-refractivity contribution in [1.29, 1.82) is 0 Å². The molecule has 1 amide bonds. The van der Waals surface area contributed by atoms with Crippen LogP contribution in [0, 0.1) is 0 Å². The molecule has 0 radical (unpaired) electrons. The molecular weight excluding hydrogens is 380 g/mol. The molecule has 1 aliphatic rings. The smallest absolute Gasteiger partial charge is 0.264 e. The van der Waals surface area contributed by atoms with Crippen molar-refractivity contribution in [1.82, 2.24) is 5.32 Å². The molecule has 0 saturated heterocycles. The van der Waals surface area contributed by atoms with Crippen molar-refractivity contribution in [3.8, 4) is 0 Å². The molecule has 1 N–H and O–H groups in total. The van der Waals surface area contributed by atoms with Crippen molar-refractivity contribution >= 4 is 33.0 Å². The number of carbonyl (C=O) groups is 1. The number of sulfonamides is 1. The Morgan fingerprint density at radius 3 is 2.74 bits per heavy atom. The van der Waals surface area contributed by atoms with Crippen LogP contribution in [0.3, 0.4) is 0 Å². The average molecular weight is 399 g/mol. The Kier molecular flexibility index (Phi) is 4.72. The van der Waals surface area contributed by atoms with E-state index in [2.05, 4.69) is 5.32 Å². The summed E-state index contributed by atoms with van der Waals surface area (Å²) in [4.78, 5) is 13.6. The zero-order valence-electron chi connectivity index (χ0n) is 14.5. The first kappa shape index (κ1) is 17.8. The molecule has 138 valence electrons. The lowest BCUT2D eigenvalue weighted by Gasteiger charge is -2.20. The molecule has 2 aromatic carbocycles. The second kappa shape index (κ2) is 7.17. The summed E-state index contributed by atoms with van der Waals surface area (Å²) in [6.07, 6.45) is 0.691. The van der Waals surface area contributed by atoms with E-state index in [4.69, 9.17) is 0 Å². The van der Waals surface area contributed by atoms with E-state index in [1.807, 2.05) is 41.8 Å². The molecule has 7 heteroatoms. The standard InChI is InChI=1S/C20H18N2O3S2/c23-20(21-14-17-7-4-12-26-17)16-6-3-8-18(13-16)27(24,25)22-11-10-15-5-1-2-9-19(15)22/h1-9,12-13H,10-11,14H2,(H,21,23). The second-order valence-corrected chi connectivity index (χ2v) is 9.14. The SMILES string of the molecule is O=C(NCc1cccs1)c1cccc(S(=O)(=O)N2CCc3ccccc32)c1. The first-order chi connectivity index (χ1) is 13.1. The fourth-order valence-electron chi connectivity index (χ4n) is 3.17. The molecule has 0 saturated carbocycles. The van der Waals surface area contributed by atoms with E-state index in [1.165, 1.54) is 16.4 Å². The molecule has 0 atom stereocenters. The van der Waals surface area contributed by atoms with Gasteiger partial charge in [-0.05, 0) is 47.7 Å². The molecule has 3 aromatic rings. The summed E-state index contributed by atoms with van der Waals surface area (Å²) in [5.74, 6) is -0.290. The van der Waals surface area contributed by atoms with E-state index < -0.39 is 10.0 Å². The van der Waals surface area contributed by atoms with Gasteiger partial charge in [0, 0.05) is 17.0 Å². The highest BCUT2D eigenvalue weighted by molar-refractivity contribution is 7.92. The normalized spacial score (nSPS) is 13.4. The highest BCUT2D eigenvalue weighted by atomic mass is 32.2.